The summed E-state index contributed by atoms with van der Waals surface area (Å²) in [6.45, 7) is 1.71. The number of hydrogen-bond donors (Lipinski definition) is 1. The lowest BCUT2D eigenvalue weighted by atomic mass is 10.1. The van der Waals surface area contributed by atoms with Gasteiger partial charge in [-0.3, -0.25) is 0 Å². The number of rotatable bonds is 5. The number of halogens is 3. The lowest BCUT2D eigenvalue weighted by Gasteiger charge is -2.06. The van der Waals surface area contributed by atoms with Crippen LogP contribution in [0.2, 0.25) is 15.1 Å². The van der Waals surface area contributed by atoms with Crippen molar-refractivity contribution in [2.24, 2.45) is 0 Å². The number of nitrogens with one attached hydrogen (secondary N) is 1. The van der Waals surface area contributed by atoms with E-state index in [-0.39, 0.29) is 0 Å². The molecule has 5 heteroatoms. The van der Waals surface area contributed by atoms with Gasteiger partial charge in [-0.05, 0) is 36.7 Å². The highest BCUT2D eigenvalue weighted by atomic mass is 35.5. The zero-order valence-corrected chi connectivity index (χ0v) is 12.6. The summed E-state index contributed by atoms with van der Waals surface area (Å²) < 4.78 is 0. The van der Waals surface area contributed by atoms with Crippen molar-refractivity contribution in [3.63, 3.8) is 0 Å². The Balaban J connectivity index is 1.78. The molecule has 96 valence electrons. The first-order valence-electron chi connectivity index (χ1n) is 5.53. The molecule has 2 aromatic rings. The van der Waals surface area contributed by atoms with Gasteiger partial charge >= 0.3 is 0 Å². The second kappa shape index (κ2) is 6.78. The van der Waals surface area contributed by atoms with E-state index in [9.17, 15) is 0 Å². The molecule has 0 amide bonds. The van der Waals surface area contributed by atoms with Crippen molar-refractivity contribution in [3.8, 4) is 0 Å². The van der Waals surface area contributed by atoms with Crippen LogP contribution in [0.4, 0.5) is 0 Å². The first kappa shape index (κ1) is 14.2. The van der Waals surface area contributed by atoms with Crippen LogP contribution in [0, 0.1) is 0 Å². The van der Waals surface area contributed by atoms with E-state index in [0.29, 0.717) is 5.02 Å². The molecule has 0 fully saturated rings. The molecule has 1 heterocycles. The van der Waals surface area contributed by atoms with Crippen molar-refractivity contribution in [1.82, 2.24) is 5.32 Å². The Kier molecular flexibility index (Phi) is 5.34. The molecule has 18 heavy (non-hydrogen) atoms. The predicted molar refractivity (Wildman–Crippen MR) is 81.2 cm³/mol. The molecule has 0 bridgehead atoms. The smallest absolute Gasteiger partial charge is 0.0516 e. The first-order valence-corrected chi connectivity index (χ1v) is 7.54. The Hall–Kier alpha value is -0.250. The number of benzene rings is 1. The van der Waals surface area contributed by atoms with Gasteiger partial charge in [0.25, 0.3) is 0 Å². The Morgan fingerprint density at radius 1 is 1.06 bits per heavy atom. The molecule has 1 N–H and O–H groups in total. The zero-order chi connectivity index (χ0) is 13.0. The molecular formula is C13H12Cl3NS. The van der Waals surface area contributed by atoms with Crippen LogP contribution < -0.4 is 5.32 Å². The van der Waals surface area contributed by atoms with Crippen molar-refractivity contribution >= 4 is 46.1 Å². The normalized spacial score (nSPS) is 10.8. The van der Waals surface area contributed by atoms with Gasteiger partial charge in [0.1, 0.15) is 0 Å². The third-order valence-corrected chi connectivity index (χ3v) is 4.38. The Bertz CT molecular complexity index is 525. The van der Waals surface area contributed by atoms with Crippen LogP contribution in [0.3, 0.4) is 0 Å². The van der Waals surface area contributed by atoms with Gasteiger partial charge in [0.15, 0.2) is 0 Å². The van der Waals surface area contributed by atoms with E-state index in [1.807, 2.05) is 23.6 Å². The van der Waals surface area contributed by atoms with Crippen molar-refractivity contribution in [2.45, 2.75) is 13.0 Å². The molecular weight excluding hydrogens is 309 g/mol. The van der Waals surface area contributed by atoms with E-state index in [2.05, 4.69) is 5.32 Å². The highest BCUT2D eigenvalue weighted by Crippen LogP contribution is 2.21. The average molecular weight is 321 g/mol. The minimum atomic E-state index is 0.671. The van der Waals surface area contributed by atoms with Gasteiger partial charge < -0.3 is 5.32 Å². The highest BCUT2D eigenvalue weighted by molar-refractivity contribution is 7.10. The third kappa shape index (κ3) is 4.15. The van der Waals surface area contributed by atoms with Crippen molar-refractivity contribution in [3.05, 3.63) is 55.2 Å². The molecule has 0 saturated carbocycles. The molecule has 1 aromatic heterocycles. The monoisotopic (exact) mass is 319 g/mol. The van der Waals surface area contributed by atoms with E-state index in [1.165, 1.54) is 4.88 Å². The summed E-state index contributed by atoms with van der Waals surface area (Å²) in [5.41, 5.74) is 1.11. The van der Waals surface area contributed by atoms with E-state index >= 15 is 0 Å². The molecule has 0 aliphatic rings. The molecule has 0 spiro atoms. The van der Waals surface area contributed by atoms with Crippen LogP contribution in [0.25, 0.3) is 0 Å². The summed E-state index contributed by atoms with van der Waals surface area (Å²) in [6.07, 6.45) is 0.884. The van der Waals surface area contributed by atoms with E-state index in [0.717, 1.165) is 35.1 Å². The van der Waals surface area contributed by atoms with E-state index in [1.54, 1.807) is 17.4 Å². The lowest BCUT2D eigenvalue weighted by Crippen LogP contribution is -2.16. The maximum Gasteiger partial charge on any atom is 0.0516 e. The lowest BCUT2D eigenvalue weighted by molar-refractivity contribution is 0.694. The van der Waals surface area contributed by atoms with Crippen LogP contribution in [-0.4, -0.2) is 6.54 Å². The van der Waals surface area contributed by atoms with Crippen LogP contribution in [0.5, 0.6) is 0 Å². The average Bonchev–Trinajstić information content (AvgIpc) is 2.73. The summed E-state index contributed by atoms with van der Waals surface area (Å²) in [5.74, 6) is 0. The number of hydrogen-bond acceptors (Lipinski definition) is 2. The maximum atomic E-state index is 6.10. The van der Waals surface area contributed by atoms with Gasteiger partial charge in [-0.1, -0.05) is 40.9 Å². The fraction of sp³-hybridized carbons (Fsp3) is 0.231. The van der Waals surface area contributed by atoms with Crippen LogP contribution in [0.1, 0.15) is 10.4 Å². The largest absolute Gasteiger partial charge is 0.312 e. The van der Waals surface area contributed by atoms with Crippen molar-refractivity contribution in [1.29, 1.82) is 0 Å². The summed E-state index contributed by atoms with van der Waals surface area (Å²) >= 11 is 19.5. The second-order valence-electron chi connectivity index (χ2n) is 3.89. The topological polar surface area (TPSA) is 12.0 Å². The predicted octanol–water partition coefficient (Wildman–Crippen LogP) is 5.04. The van der Waals surface area contributed by atoms with Gasteiger partial charge in [0.2, 0.25) is 0 Å². The molecule has 0 aliphatic carbocycles. The fourth-order valence-corrected chi connectivity index (χ4v) is 3.15. The Labute approximate surface area is 126 Å². The molecule has 2 rings (SSSR count). The standard InChI is InChI=1S/C13H12Cl3NS/c14-10-2-1-9(13(16)6-10)3-4-17-7-12-5-11(15)8-18-12/h1-2,5-6,8,17H,3-4,7H2. The van der Waals surface area contributed by atoms with Gasteiger partial charge in [0.05, 0.1) is 5.02 Å². The van der Waals surface area contributed by atoms with E-state index in [4.69, 9.17) is 34.8 Å². The zero-order valence-electron chi connectivity index (χ0n) is 9.55. The third-order valence-electron chi connectivity index (χ3n) is 2.51. The highest BCUT2D eigenvalue weighted by Gasteiger charge is 2.01. The summed E-state index contributed by atoms with van der Waals surface area (Å²) in [7, 11) is 0. The molecule has 0 saturated heterocycles. The van der Waals surface area contributed by atoms with Crippen LogP contribution >= 0.6 is 46.1 Å². The van der Waals surface area contributed by atoms with Crippen molar-refractivity contribution < 1.29 is 0 Å². The van der Waals surface area contributed by atoms with Gasteiger partial charge in [-0.15, -0.1) is 11.3 Å². The minimum Gasteiger partial charge on any atom is -0.312 e. The van der Waals surface area contributed by atoms with Crippen LogP contribution in [-0.2, 0) is 13.0 Å². The van der Waals surface area contributed by atoms with Gasteiger partial charge in [-0.25, -0.2) is 0 Å². The molecule has 1 aromatic carbocycles. The molecule has 0 radical (unpaired) electrons. The summed E-state index contributed by atoms with van der Waals surface area (Å²) in [4.78, 5) is 1.24. The summed E-state index contributed by atoms with van der Waals surface area (Å²) in [5, 5.41) is 7.50. The van der Waals surface area contributed by atoms with Gasteiger partial charge in [0, 0.05) is 26.8 Å². The SMILES string of the molecule is Clc1csc(CNCCc2ccc(Cl)cc2Cl)c1. The Morgan fingerprint density at radius 2 is 1.89 bits per heavy atom. The molecule has 0 unspecified atom stereocenters. The Morgan fingerprint density at radius 3 is 2.56 bits per heavy atom. The minimum absolute atomic E-state index is 0.671. The first-order chi connectivity index (χ1) is 8.65. The summed E-state index contributed by atoms with van der Waals surface area (Å²) in [6, 6.07) is 7.59. The van der Waals surface area contributed by atoms with Crippen molar-refractivity contribution in [2.75, 3.05) is 6.54 Å². The molecule has 1 nitrogen and oxygen atoms in total. The maximum absolute atomic E-state index is 6.10. The fourth-order valence-electron chi connectivity index (χ4n) is 1.61. The molecule has 0 aliphatic heterocycles. The number of thiophene rings is 1. The van der Waals surface area contributed by atoms with Crippen LogP contribution in [0.15, 0.2) is 29.6 Å². The second-order valence-corrected chi connectivity index (χ2v) is 6.17. The van der Waals surface area contributed by atoms with E-state index < -0.39 is 0 Å². The quantitative estimate of drug-likeness (QED) is 0.761. The molecule has 0 atom stereocenters. The van der Waals surface area contributed by atoms with Gasteiger partial charge in [-0.2, -0.15) is 0 Å².